The normalized spacial score (nSPS) is 14.4. The average Bonchev–Trinajstić information content (AvgIpc) is 3.20. The number of ether oxygens (including phenoxy) is 1. The highest BCUT2D eigenvalue weighted by Gasteiger charge is 2.20. The lowest BCUT2D eigenvalue weighted by atomic mass is 10.1. The highest BCUT2D eigenvalue weighted by atomic mass is 16.5. The van der Waals surface area contributed by atoms with Crippen LogP contribution in [0.2, 0.25) is 0 Å². The van der Waals surface area contributed by atoms with Crippen LogP contribution in [-0.2, 0) is 13.0 Å². The number of aromatic nitrogens is 3. The first-order valence-electron chi connectivity index (χ1n) is 7.66. The molecule has 1 aliphatic rings. The minimum Gasteiger partial charge on any atom is -0.419 e. The Morgan fingerprint density at radius 1 is 1.29 bits per heavy atom. The largest absolute Gasteiger partial charge is 0.419 e. The molecule has 2 N–H and O–H groups in total. The summed E-state index contributed by atoms with van der Waals surface area (Å²) in [7, 11) is 0. The Morgan fingerprint density at radius 3 is 2.81 bits per heavy atom. The third-order valence-corrected chi connectivity index (χ3v) is 3.48. The summed E-state index contributed by atoms with van der Waals surface area (Å²) in [5.41, 5.74) is 3.28. The molecule has 1 aliphatic carbocycles. The summed E-state index contributed by atoms with van der Waals surface area (Å²) in [5, 5.41) is 10.5. The highest BCUT2D eigenvalue weighted by molar-refractivity contribution is 5.28. The van der Waals surface area contributed by atoms with Gasteiger partial charge in [0.05, 0.1) is 0 Å². The Labute approximate surface area is 125 Å². The number of aromatic amines is 1. The van der Waals surface area contributed by atoms with Gasteiger partial charge in [0.1, 0.15) is 0 Å². The van der Waals surface area contributed by atoms with Gasteiger partial charge in [-0.25, -0.2) is 4.98 Å². The number of H-pyrrole nitrogens is 1. The number of rotatable bonds is 7. The molecule has 0 unspecified atom stereocenters. The van der Waals surface area contributed by atoms with Crippen molar-refractivity contribution in [3.05, 3.63) is 35.2 Å². The molecule has 0 spiro atoms. The van der Waals surface area contributed by atoms with E-state index in [-0.39, 0.29) is 0 Å². The lowest BCUT2D eigenvalue weighted by Crippen LogP contribution is -2.15. The van der Waals surface area contributed by atoms with E-state index in [0.29, 0.717) is 17.8 Å². The van der Waals surface area contributed by atoms with E-state index in [9.17, 15) is 0 Å². The van der Waals surface area contributed by atoms with Crippen LogP contribution in [0.1, 0.15) is 43.1 Å². The van der Waals surface area contributed by atoms with Crippen molar-refractivity contribution in [3.8, 4) is 11.8 Å². The van der Waals surface area contributed by atoms with Crippen molar-refractivity contribution in [3.63, 3.8) is 0 Å². The first-order valence-corrected chi connectivity index (χ1v) is 7.66. The molecule has 0 radical (unpaired) electrons. The van der Waals surface area contributed by atoms with E-state index < -0.39 is 0 Å². The van der Waals surface area contributed by atoms with Crippen LogP contribution in [0.25, 0.3) is 0 Å². The van der Waals surface area contributed by atoms with Gasteiger partial charge in [-0.1, -0.05) is 13.3 Å². The van der Waals surface area contributed by atoms with Crippen molar-refractivity contribution in [2.45, 2.75) is 52.1 Å². The van der Waals surface area contributed by atoms with Gasteiger partial charge in [-0.2, -0.15) is 0 Å². The molecular formula is C16H22N4O. The molecule has 0 aromatic carbocycles. The fourth-order valence-electron chi connectivity index (χ4n) is 2.26. The fraction of sp³-hybridized carbons (Fsp3) is 0.500. The molecule has 112 valence electrons. The van der Waals surface area contributed by atoms with Gasteiger partial charge in [-0.15, -0.1) is 5.10 Å². The molecule has 21 heavy (non-hydrogen) atoms. The number of hydrogen-bond donors (Lipinski definition) is 2. The average molecular weight is 286 g/mol. The molecule has 5 heteroatoms. The van der Waals surface area contributed by atoms with Crippen molar-refractivity contribution in [2.24, 2.45) is 0 Å². The molecule has 0 atom stereocenters. The minimum absolute atomic E-state index is 0.565. The highest BCUT2D eigenvalue weighted by Crippen LogP contribution is 2.22. The Kier molecular flexibility index (Phi) is 4.20. The minimum atomic E-state index is 0.565. The SMILES string of the molecule is CCCc1cc(CNC2CC2)cc(Oc2cc(C)[nH]n2)n1. The Bertz CT molecular complexity index is 604. The van der Waals surface area contributed by atoms with Crippen molar-refractivity contribution in [1.29, 1.82) is 0 Å². The summed E-state index contributed by atoms with van der Waals surface area (Å²) < 4.78 is 5.77. The second kappa shape index (κ2) is 6.26. The monoisotopic (exact) mass is 286 g/mol. The Morgan fingerprint density at radius 2 is 2.14 bits per heavy atom. The van der Waals surface area contributed by atoms with Crippen molar-refractivity contribution in [2.75, 3.05) is 0 Å². The van der Waals surface area contributed by atoms with E-state index in [1.165, 1.54) is 18.4 Å². The molecule has 0 aliphatic heterocycles. The Hall–Kier alpha value is -1.88. The summed E-state index contributed by atoms with van der Waals surface area (Å²) in [6.07, 6.45) is 4.63. The van der Waals surface area contributed by atoms with Crippen LogP contribution in [-0.4, -0.2) is 21.2 Å². The zero-order valence-corrected chi connectivity index (χ0v) is 12.6. The molecular weight excluding hydrogens is 264 g/mol. The van der Waals surface area contributed by atoms with Crippen LogP contribution in [0.15, 0.2) is 18.2 Å². The van der Waals surface area contributed by atoms with Gasteiger partial charge in [-0.05, 0) is 37.8 Å². The van der Waals surface area contributed by atoms with E-state index in [0.717, 1.165) is 30.8 Å². The molecule has 2 heterocycles. The second-order valence-corrected chi connectivity index (χ2v) is 5.70. The van der Waals surface area contributed by atoms with Gasteiger partial charge in [0.15, 0.2) is 0 Å². The first kappa shape index (κ1) is 14.1. The van der Waals surface area contributed by atoms with E-state index in [2.05, 4.69) is 33.5 Å². The summed E-state index contributed by atoms with van der Waals surface area (Å²) in [5.74, 6) is 1.19. The van der Waals surface area contributed by atoms with Crippen LogP contribution in [0, 0.1) is 6.92 Å². The van der Waals surface area contributed by atoms with E-state index in [4.69, 9.17) is 4.74 Å². The topological polar surface area (TPSA) is 62.8 Å². The zero-order valence-electron chi connectivity index (χ0n) is 12.6. The number of aryl methyl sites for hydroxylation is 2. The van der Waals surface area contributed by atoms with Crippen LogP contribution < -0.4 is 10.1 Å². The number of pyridine rings is 1. The van der Waals surface area contributed by atoms with Crippen molar-refractivity contribution < 1.29 is 4.74 Å². The molecule has 5 nitrogen and oxygen atoms in total. The van der Waals surface area contributed by atoms with Gasteiger partial charge >= 0.3 is 0 Å². The van der Waals surface area contributed by atoms with Crippen LogP contribution >= 0.6 is 0 Å². The molecule has 0 bridgehead atoms. The van der Waals surface area contributed by atoms with Gasteiger partial charge in [0.25, 0.3) is 0 Å². The number of hydrogen-bond acceptors (Lipinski definition) is 4. The molecule has 0 amide bonds. The number of nitrogens with zero attached hydrogens (tertiary/aromatic N) is 2. The quantitative estimate of drug-likeness (QED) is 0.821. The summed E-state index contributed by atoms with van der Waals surface area (Å²) in [6.45, 7) is 4.99. The predicted octanol–water partition coefficient (Wildman–Crippen LogP) is 3.11. The summed E-state index contributed by atoms with van der Waals surface area (Å²) in [6, 6.07) is 6.74. The summed E-state index contributed by atoms with van der Waals surface area (Å²) in [4.78, 5) is 4.57. The zero-order chi connectivity index (χ0) is 14.7. The third-order valence-electron chi connectivity index (χ3n) is 3.48. The maximum atomic E-state index is 5.77. The van der Waals surface area contributed by atoms with Gasteiger partial charge in [0, 0.05) is 36.1 Å². The lowest BCUT2D eigenvalue weighted by molar-refractivity contribution is 0.440. The predicted molar refractivity (Wildman–Crippen MR) is 81.5 cm³/mol. The van der Waals surface area contributed by atoms with Gasteiger partial charge in [0.2, 0.25) is 11.8 Å². The molecule has 1 saturated carbocycles. The Balaban J connectivity index is 1.76. The molecule has 0 saturated heterocycles. The van der Waals surface area contributed by atoms with E-state index in [1.54, 1.807) is 0 Å². The maximum Gasteiger partial charge on any atom is 0.240 e. The molecule has 3 rings (SSSR count). The lowest BCUT2D eigenvalue weighted by Gasteiger charge is -2.09. The number of nitrogens with one attached hydrogen (secondary N) is 2. The van der Waals surface area contributed by atoms with Gasteiger partial charge in [-0.3, -0.25) is 5.10 Å². The fourth-order valence-corrected chi connectivity index (χ4v) is 2.26. The smallest absolute Gasteiger partial charge is 0.240 e. The first-order chi connectivity index (χ1) is 10.2. The second-order valence-electron chi connectivity index (χ2n) is 5.70. The molecule has 2 aromatic rings. The standard InChI is InChI=1S/C16H22N4O/c1-3-4-14-8-12(10-17-13-5-6-13)9-15(18-14)21-16-7-11(2)19-20-16/h7-9,13,17H,3-6,10H2,1-2H3,(H,19,20). The van der Waals surface area contributed by atoms with Crippen LogP contribution in [0.5, 0.6) is 11.8 Å². The van der Waals surface area contributed by atoms with Crippen molar-refractivity contribution >= 4 is 0 Å². The summed E-state index contributed by atoms with van der Waals surface area (Å²) >= 11 is 0. The van der Waals surface area contributed by atoms with Crippen LogP contribution in [0.4, 0.5) is 0 Å². The maximum absolute atomic E-state index is 5.77. The van der Waals surface area contributed by atoms with E-state index in [1.807, 2.05) is 19.1 Å². The van der Waals surface area contributed by atoms with Crippen LogP contribution in [0.3, 0.4) is 0 Å². The van der Waals surface area contributed by atoms with Crippen molar-refractivity contribution in [1.82, 2.24) is 20.5 Å². The van der Waals surface area contributed by atoms with E-state index >= 15 is 0 Å². The third kappa shape index (κ3) is 4.04. The molecule has 1 fully saturated rings. The molecule has 2 aromatic heterocycles. The van der Waals surface area contributed by atoms with Gasteiger partial charge < -0.3 is 10.1 Å².